The number of carboxylic acids is 1. The predicted octanol–water partition coefficient (Wildman–Crippen LogP) is 2.26. The van der Waals surface area contributed by atoms with E-state index in [1.807, 2.05) is 60.7 Å². The maximum Gasteiger partial charge on any atom is 0.394 e. The molecule has 0 aromatic heterocycles. The standard InChI is InChI=1S/C14H13NO2.H2O4S/c16-14(17)11-15(12-7-3-1-4-8-12)13-9-5-2-6-10-13;1-5(2,3)4/h1-10H,11H2,(H,16,17);(H2,1,2,3,4). The summed E-state index contributed by atoms with van der Waals surface area (Å²) in [6, 6.07) is 19.0. The van der Waals surface area contributed by atoms with E-state index in [0.29, 0.717) is 0 Å². The highest BCUT2D eigenvalue weighted by atomic mass is 32.3. The first-order valence-corrected chi connectivity index (χ1v) is 7.46. The lowest BCUT2D eigenvalue weighted by Gasteiger charge is -2.22. The van der Waals surface area contributed by atoms with Crippen molar-refractivity contribution in [3.8, 4) is 0 Å². The Labute approximate surface area is 128 Å². The first kappa shape index (κ1) is 17.6. The molecule has 2 aromatic rings. The smallest absolute Gasteiger partial charge is 0.394 e. The van der Waals surface area contributed by atoms with E-state index in [1.54, 1.807) is 4.90 Å². The van der Waals surface area contributed by atoms with Gasteiger partial charge in [-0.25, -0.2) is 0 Å². The summed E-state index contributed by atoms with van der Waals surface area (Å²) in [5.41, 5.74) is 1.75. The predicted molar refractivity (Wildman–Crippen MR) is 81.7 cm³/mol. The quantitative estimate of drug-likeness (QED) is 0.738. The van der Waals surface area contributed by atoms with Gasteiger partial charge in [-0.15, -0.1) is 0 Å². The van der Waals surface area contributed by atoms with Crippen LogP contribution in [0.1, 0.15) is 0 Å². The molecule has 0 saturated heterocycles. The summed E-state index contributed by atoms with van der Waals surface area (Å²) in [7, 11) is -4.67. The molecule has 0 aliphatic heterocycles. The van der Waals surface area contributed by atoms with Crippen molar-refractivity contribution in [3.05, 3.63) is 60.7 Å². The largest absolute Gasteiger partial charge is 0.480 e. The highest BCUT2D eigenvalue weighted by molar-refractivity contribution is 7.79. The summed E-state index contributed by atoms with van der Waals surface area (Å²) in [6.07, 6.45) is 0. The van der Waals surface area contributed by atoms with Crippen LogP contribution >= 0.6 is 0 Å². The Hall–Kier alpha value is -2.42. The lowest BCUT2D eigenvalue weighted by molar-refractivity contribution is -0.135. The number of hydrogen-bond donors (Lipinski definition) is 3. The molecule has 0 spiro atoms. The van der Waals surface area contributed by atoms with Gasteiger partial charge < -0.3 is 10.0 Å². The lowest BCUT2D eigenvalue weighted by atomic mass is 10.2. The maximum atomic E-state index is 10.9. The molecule has 2 aromatic carbocycles. The molecule has 0 aliphatic rings. The topological polar surface area (TPSA) is 115 Å². The number of hydrogen-bond acceptors (Lipinski definition) is 4. The van der Waals surface area contributed by atoms with Gasteiger partial charge >= 0.3 is 16.4 Å². The van der Waals surface area contributed by atoms with Gasteiger partial charge in [0, 0.05) is 11.4 Å². The minimum absolute atomic E-state index is 0.0476. The van der Waals surface area contributed by atoms with Crippen molar-refractivity contribution in [1.29, 1.82) is 0 Å². The first-order chi connectivity index (χ1) is 10.3. The molecule has 22 heavy (non-hydrogen) atoms. The van der Waals surface area contributed by atoms with Gasteiger partial charge in [0.2, 0.25) is 0 Å². The second kappa shape index (κ2) is 8.13. The van der Waals surface area contributed by atoms with Gasteiger partial charge in [0.1, 0.15) is 6.54 Å². The van der Waals surface area contributed by atoms with Crippen LogP contribution in [0, 0.1) is 0 Å². The molecule has 0 heterocycles. The van der Waals surface area contributed by atoms with Crippen LogP contribution in [0.4, 0.5) is 11.4 Å². The molecule has 0 amide bonds. The van der Waals surface area contributed by atoms with E-state index in [1.165, 1.54) is 0 Å². The molecule has 0 atom stereocenters. The van der Waals surface area contributed by atoms with E-state index in [2.05, 4.69) is 0 Å². The van der Waals surface area contributed by atoms with Crippen LogP contribution in [-0.2, 0) is 15.2 Å². The van der Waals surface area contributed by atoms with Crippen LogP contribution in [0.3, 0.4) is 0 Å². The molecular formula is C14H15NO6S. The number of para-hydroxylation sites is 2. The molecule has 0 fully saturated rings. The fraction of sp³-hybridized carbons (Fsp3) is 0.0714. The van der Waals surface area contributed by atoms with Gasteiger partial charge in [-0.3, -0.25) is 13.9 Å². The summed E-state index contributed by atoms with van der Waals surface area (Å²) in [5.74, 6) is -0.849. The van der Waals surface area contributed by atoms with E-state index in [0.717, 1.165) is 11.4 Å². The molecule has 7 nitrogen and oxygen atoms in total. The molecule has 118 valence electrons. The lowest BCUT2D eigenvalue weighted by Crippen LogP contribution is -2.24. The Morgan fingerprint density at radius 3 is 1.45 bits per heavy atom. The summed E-state index contributed by atoms with van der Waals surface area (Å²) in [6.45, 7) is -0.0476. The minimum Gasteiger partial charge on any atom is -0.480 e. The zero-order valence-electron chi connectivity index (χ0n) is 11.4. The van der Waals surface area contributed by atoms with Gasteiger partial charge in [0.05, 0.1) is 0 Å². The highest BCUT2D eigenvalue weighted by Gasteiger charge is 2.11. The monoisotopic (exact) mass is 325 g/mol. The Morgan fingerprint density at radius 2 is 1.18 bits per heavy atom. The fourth-order valence-corrected chi connectivity index (χ4v) is 1.68. The van der Waals surface area contributed by atoms with Gasteiger partial charge in [-0.05, 0) is 24.3 Å². The van der Waals surface area contributed by atoms with Crippen LogP contribution in [-0.4, -0.2) is 35.1 Å². The second-order valence-corrected chi connectivity index (χ2v) is 4.99. The molecule has 0 unspecified atom stereocenters. The van der Waals surface area contributed by atoms with Gasteiger partial charge in [0.25, 0.3) is 0 Å². The molecule has 2 rings (SSSR count). The Kier molecular flexibility index (Phi) is 6.51. The van der Waals surface area contributed by atoms with Crippen molar-refractivity contribution in [2.24, 2.45) is 0 Å². The van der Waals surface area contributed by atoms with Crippen molar-refractivity contribution in [3.63, 3.8) is 0 Å². The Morgan fingerprint density at radius 1 is 0.864 bits per heavy atom. The average Bonchev–Trinajstić information content (AvgIpc) is 2.45. The molecule has 0 saturated carbocycles. The van der Waals surface area contributed by atoms with Crippen molar-refractivity contribution < 1.29 is 27.4 Å². The van der Waals surface area contributed by atoms with E-state index in [9.17, 15) is 4.79 Å². The molecule has 0 aliphatic carbocycles. The first-order valence-electron chi connectivity index (χ1n) is 6.06. The van der Waals surface area contributed by atoms with E-state index in [-0.39, 0.29) is 6.54 Å². The normalized spacial score (nSPS) is 10.3. The molecule has 3 N–H and O–H groups in total. The van der Waals surface area contributed by atoms with Crippen LogP contribution in [0.5, 0.6) is 0 Å². The van der Waals surface area contributed by atoms with E-state index >= 15 is 0 Å². The summed E-state index contributed by atoms with van der Waals surface area (Å²) >= 11 is 0. The van der Waals surface area contributed by atoms with Gasteiger partial charge in [-0.1, -0.05) is 36.4 Å². The number of anilines is 2. The van der Waals surface area contributed by atoms with Crippen molar-refractivity contribution in [1.82, 2.24) is 0 Å². The molecule has 8 heteroatoms. The van der Waals surface area contributed by atoms with Gasteiger partial charge in [0.15, 0.2) is 0 Å². The number of rotatable bonds is 4. The number of aliphatic carboxylic acids is 1. The molecule has 0 radical (unpaired) electrons. The number of carboxylic acid groups (broad SMARTS) is 1. The van der Waals surface area contributed by atoms with Crippen molar-refractivity contribution in [2.45, 2.75) is 0 Å². The Bertz CT molecular complexity index is 640. The minimum atomic E-state index is -4.67. The zero-order valence-corrected chi connectivity index (χ0v) is 12.2. The van der Waals surface area contributed by atoms with Gasteiger partial charge in [-0.2, -0.15) is 8.42 Å². The zero-order chi connectivity index (χ0) is 16.6. The maximum absolute atomic E-state index is 10.9. The molecular weight excluding hydrogens is 310 g/mol. The van der Waals surface area contributed by atoms with Crippen LogP contribution in [0.2, 0.25) is 0 Å². The van der Waals surface area contributed by atoms with Crippen LogP contribution < -0.4 is 4.90 Å². The number of benzene rings is 2. The SMILES string of the molecule is O=C(O)CN(c1ccccc1)c1ccccc1.O=S(=O)(O)O. The third-order valence-electron chi connectivity index (χ3n) is 2.43. The second-order valence-electron chi connectivity index (χ2n) is 4.10. The summed E-state index contributed by atoms with van der Waals surface area (Å²) < 4.78 is 31.6. The van der Waals surface area contributed by atoms with E-state index < -0.39 is 16.4 Å². The van der Waals surface area contributed by atoms with E-state index in [4.69, 9.17) is 22.6 Å². The van der Waals surface area contributed by atoms with Crippen LogP contribution in [0.15, 0.2) is 60.7 Å². The third-order valence-corrected chi connectivity index (χ3v) is 2.43. The third kappa shape index (κ3) is 7.39. The summed E-state index contributed by atoms with van der Waals surface area (Å²) in [5, 5.41) is 8.96. The fourth-order valence-electron chi connectivity index (χ4n) is 1.68. The summed E-state index contributed by atoms with van der Waals surface area (Å²) in [4.78, 5) is 12.7. The molecule has 0 bridgehead atoms. The number of nitrogens with zero attached hydrogens (tertiary/aromatic N) is 1. The Balaban J connectivity index is 0.000000422. The van der Waals surface area contributed by atoms with Crippen LogP contribution in [0.25, 0.3) is 0 Å². The van der Waals surface area contributed by atoms with Crippen molar-refractivity contribution in [2.75, 3.05) is 11.4 Å². The average molecular weight is 325 g/mol. The number of carbonyl (C=O) groups is 1. The highest BCUT2D eigenvalue weighted by Crippen LogP contribution is 2.24. The van der Waals surface area contributed by atoms with Crippen molar-refractivity contribution >= 4 is 27.7 Å².